The van der Waals surface area contributed by atoms with Crippen LogP contribution in [0.4, 0.5) is 0 Å². The van der Waals surface area contributed by atoms with Gasteiger partial charge in [0.2, 0.25) is 0 Å². The monoisotopic (exact) mass is 360 g/mol. The minimum Gasteiger partial charge on any atom is -0.0616 e. The Morgan fingerprint density at radius 3 is 2.07 bits per heavy atom. The molecule has 0 N–H and O–H groups in total. The third kappa shape index (κ3) is 2.06. The molecule has 0 aromatic heterocycles. The average molecular weight is 361 g/mol. The summed E-state index contributed by atoms with van der Waals surface area (Å²) in [6.07, 6.45) is 2.13. The summed E-state index contributed by atoms with van der Waals surface area (Å²) >= 11 is 0. The van der Waals surface area contributed by atoms with Crippen molar-refractivity contribution >= 4 is 10.8 Å². The van der Waals surface area contributed by atoms with Gasteiger partial charge in [-0.25, -0.2) is 0 Å². The molecule has 0 radical (unpaired) electrons. The van der Waals surface area contributed by atoms with Crippen LogP contribution in [-0.2, 0) is 12.8 Å². The lowest BCUT2D eigenvalue weighted by atomic mass is 9.89. The predicted molar refractivity (Wildman–Crippen MR) is 119 cm³/mol. The number of hydrogen-bond acceptors (Lipinski definition) is 0. The average Bonchev–Trinajstić information content (AvgIpc) is 3.23. The number of hydrogen-bond donors (Lipinski definition) is 0. The van der Waals surface area contributed by atoms with Gasteiger partial charge in [-0.2, -0.15) is 0 Å². The SMILES string of the molecule is Cc1ccc2c(c1C(C)C)Cc1cc3c(cc1-2)Cc1c-3ccc2ccccc12. The molecule has 0 saturated carbocycles. The van der Waals surface area contributed by atoms with E-state index in [1.165, 1.54) is 55.3 Å². The number of benzene rings is 4. The minimum atomic E-state index is 0.572. The molecule has 0 fully saturated rings. The number of fused-ring (bicyclic) bond motifs is 8. The molecule has 0 unspecified atom stereocenters. The first-order valence-electron chi connectivity index (χ1n) is 10.4. The lowest BCUT2D eigenvalue weighted by molar-refractivity contribution is 0.842. The van der Waals surface area contributed by atoms with Gasteiger partial charge in [0.25, 0.3) is 0 Å². The standard InChI is InChI=1S/C28H24/c1-16(2)28-17(3)8-10-23-25-12-19-14-26-21-7-5-4-6-18(21)9-11-22(26)24(19)13-20(25)15-27(23)28/h4-13,16H,14-15H2,1-3H3. The third-order valence-corrected chi connectivity index (χ3v) is 6.84. The topological polar surface area (TPSA) is 0 Å². The Kier molecular flexibility index (Phi) is 3.21. The molecule has 0 heteroatoms. The van der Waals surface area contributed by atoms with Crippen LogP contribution < -0.4 is 0 Å². The van der Waals surface area contributed by atoms with Gasteiger partial charge in [-0.15, -0.1) is 0 Å². The lowest BCUT2D eigenvalue weighted by Gasteiger charge is -2.15. The molecule has 0 spiro atoms. The first-order chi connectivity index (χ1) is 13.6. The van der Waals surface area contributed by atoms with Gasteiger partial charge in [0, 0.05) is 0 Å². The molecule has 4 aromatic rings. The highest BCUT2D eigenvalue weighted by molar-refractivity contribution is 5.96. The van der Waals surface area contributed by atoms with Crippen molar-refractivity contribution in [3.63, 3.8) is 0 Å². The van der Waals surface area contributed by atoms with Gasteiger partial charge >= 0.3 is 0 Å². The second-order valence-corrected chi connectivity index (χ2v) is 8.81. The quantitative estimate of drug-likeness (QED) is 0.286. The predicted octanol–water partition coefficient (Wildman–Crippen LogP) is 7.41. The Morgan fingerprint density at radius 2 is 1.32 bits per heavy atom. The molecule has 0 aliphatic heterocycles. The van der Waals surface area contributed by atoms with Crippen molar-refractivity contribution in [3.8, 4) is 22.3 Å². The van der Waals surface area contributed by atoms with Gasteiger partial charge in [0.1, 0.15) is 0 Å². The van der Waals surface area contributed by atoms with Crippen molar-refractivity contribution < 1.29 is 0 Å². The summed E-state index contributed by atoms with van der Waals surface area (Å²) in [5.74, 6) is 0.572. The molecule has 0 bridgehead atoms. The van der Waals surface area contributed by atoms with Crippen molar-refractivity contribution in [2.75, 3.05) is 0 Å². The van der Waals surface area contributed by atoms with Crippen LogP contribution in [0.15, 0.2) is 60.7 Å². The van der Waals surface area contributed by atoms with E-state index in [1.807, 2.05) is 0 Å². The van der Waals surface area contributed by atoms with E-state index in [9.17, 15) is 0 Å². The van der Waals surface area contributed by atoms with Gasteiger partial charge in [0.15, 0.2) is 0 Å². The molecular formula is C28H24. The Balaban J connectivity index is 1.54. The van der Waals surface area contributed by atoms with E-state index in [-0.39, 0.29) is 0 Å². The van der Waals surface area contributed by atoms with Crippen LogP contribution >= 0.6 is 0 Å². The zero-order valence-electron chi connectivity index (χ0n) is 16.8. The second kappa shape index (κ2) is 5.58. The van der Waals surface area contributed by atoms with E-state index in [0.717, 1.165) is 12.8 Å². The highest BCUT2D eigenvalue weighted by Gasteiger charge is 2.28. The highest BCUT2D eigenvalue weighted by Crippen LogP contribution is 2.47. The summed E-state index contributed by atoms with van der Waals surface area (Å²) in [6.45, 7) is 6.92. The van der Waals surface area contributed by atoms with Crippen LogP contribution in [0.25, 0.3) is 33.0 Å². The Hall–Kier alpha value is -2.86. The first kappa shape index (κ1) is 16.1. The molecule has 2 aliphatic rings. The van der Waals surface area contributed by atoms with E-state index in [4.69, 9.17) is 0 Å². The molecule has 28 heavy (non-hydrogen) atoms. The van der Waals surface area contributed by atoms with Gasteiger partial charge in [-0.05, 0) is 104 Å². The molecule has 0 heterocycles. The summed E-state index contributed by atoms with van der Waals surface area (Å²) in [4.78, 5) is 0. The van der Waals surface area contributed by atoms with Crippen LogP contribution in [-0.4, -0.2) is 0 Å². The molecule has 6 rings (SSSR count). The van der Waals surface area contributed by atoms with Crippen molar-refractivity contribution in [3.05, 3.63) is 94.0 Å². The normalized spacial score (nSPS) is 13.6. The van der Waals surface area contributed by atoms with Gasteiger partial charge in [-0.3, -0.25) is 0 Å². The zero-order valence-corrected chi connectivity index (χ0v) is 16.8. The second-order valence-electron chi connectivity index (χ2n) is 8.81. The van der Waals surface area contributed by atoms with Crippen LogP contribution in [0, 0.1) is 6.92 Å². The summed E-state index contributed by atoms with van der Waals surface area (Å²) in [7, 11) is 0. The Bertz CT molecular complexity index is 1290. The maximum atomic E-state index is 2.49. The van der Waals surface area contributed by atoms with E-state index in [2.05, 4.69) is 81.4 Å². The molecule has 0 amide bonds. The van der Waals surface area contributed by atoms with Crippen LogP contribution in [0.2, 0.25) is 0 Å². The van der Waals surface area contributed by atoms with E-state index >= 15 is 0 Å². The fraction of sp³-hybridized carbons (Fsp3) is 0.214. The van der Waals surface area contributed by atoms with Crippen molar-refractivity contribution in [2.24, 2.45) is 0 Å². The first-order valence-corrected chi connectivity index (χ1v) is 10.4. The van der Waals surface area contributed by atoms with Crippen molar-refractivity contribution in [1.29, 1.82) is 0 Å². The molecule has 0 nitrogen and oxygen atoms in total. The molecule has 4 aromatic carbocycles. The van der Waals surface area contributed by atoms with Crippen LogP contribution in [0.1, 0.15) is 53.1 Å². The van der Waals surface area contributed by atoms with E-state index < -0.39 is 0 Å². The molecular weight excluding hydrogens is 336 g/mol. The number of aryl methyl sites for hydroxylation is 1. The zero-order chi connectivity index (χ0) is 19.0. The van der Waals surface area contributed by atoms with Crippen molar-refractivity contribution in [2.45, 2.75) is 39.5 Å². The smallest absolute Gasteiger partial charge is 0.000706 e. The van der Waals surface area contributed by atoms with Gasteiger partial charge in [-0.1, -0.05) is 62.4 Å². The molecule has 136 valence electrons. The van der Waals surface area contributed by atoms with E-state index in [1.54, 1.807) is 11.1 Å². The number of rotatable bonds is 1. The van der Waals surface area contributed by atoms with Crippen LogP contribution in [0.3, 0.4) is 0 Å². The molecule has 0 atom stereocenters. The third-order valence-electron chi connectivity index (χ3n) is 6.84. The Labute approximate surface area is 166 Å². The lowest BCUT2D eigenvalue weighted by Crippen LogP contribution is -1.98. The van der Waals surface area contributed by atoms with Crippen molar-refractivity contribution in [1.82, 2.24) is 0 Å². The minimum absolute atomic E-state index is 0.572. The molecule has 2 aliphatic carbocycles. The van der Waals surface area contributed by atoms with Gasteiger partial charge in [0.05, 0.1) is 0 Å². The maximum Gasteiger partial charge on any atom is -0.000706 e. The Morgan fingerprint density at radius 1 is 0.679 bits per heavy atom. The highest BCUT2D eigenvalue weighted by atomic mass is 14.3. The molecule has 0 saturated heterocycles. The summed E-state index contributed by atoms with van der Waals surface area (Å²) in [5, 5.41) is 2.76. The van der Waals surface area contributed by atoms with Gasteiger partial charge < -0.3 is 0 Å². The summed E-state index contributed by atoms with van der Waals surface area (Å²) < 4.78 is 0. The summed E-state index contributed by atoms with van der Waals surface area (Å²) in [6, 6.07) is 23.1. The fourth-order valence-electron chi connectivity index (χ4n) is 5.67. The van der Waals surface area contributed by atoms with Crippen LogP contribution in [0.5, 0.6) is 0 Å². The maximum absolute atomic E-state index is 2.49. The van der Waals surface area contributed by atoms with E-state index in [0.29, 0.717) is 5.92 Å². The fourth-order valence-corrected chi connectivity index (χ4v) is 5.67. The summed E-state index contributed by atoms with van der Waals surface area (Å²) in [5.41, 5.74) is 14.9. The largest absolute Gasteiger partial charge is 0.0616 e.